The van der Waals surface area contributed by atoms with Crippen molar-refractivity contribution in [1.82, 2.24) is 19.7 Å². The number of hydrogen-bond acceptors (Lipinski definition) is 2. The van der Waals surface area contributed by atoms with Gasteiger partial charge in [-0.1, -0.05) is 0 Å². The first-order valence-corrected chi connectivity index (χ1v) is 5.51. The summed E-state index contributed by atoms with van der Waals surface area (Å²) in [6.07, 6.45) is 1.90. The third-order valence-electron chi connectivity index (χ3n) is 3.29. The fraction of sp³-hybridized carbons (Fsp3) is 0.545. The van der Waals surface area contributed by atoms with E-state index in [-0.39, 0.29) is 0 Å². The van der Waals surface area contributed by atoms with Gasteiger partial charge in [0.2, 0.25) is 0 Å². The summed E-state index contributed by atoms with van der Waals surface area (Å²) in [5.74, 6) is 0. The van der Waals surface area contributed by atoms with Gasteiger partial charge >= 0.3 is 0 Å². The zero-order valence-corrected chi connectivity index (χ0v) is 9.20. The van der Waals surface area contributed by atoms with Crippen LogP contribution in [0.3, 0.4) is 0 Å². The molecule has 0 atom stereocenters. The molecule has 0 radical (unpaired) electrons. The van der Waals surface area contributed by atoms with Gasteiger partial charge in [-0.2, -0.15) is 5.10 Å². The zero-order chi connectivity index (χ0) is 10.4. The molecule has 0 saturated carbocycles. The summed E-state index contributed by atoms with van der Waals surface area (Å²) in [5.41, 5.74) is 2.58. The SMILES string of the molecule is CC(C)N1CCn2c(cc3cn[nH]c32)C1. The number of nitrogens with zero attached hydrogens (tertiary/aromatic N) is 3. The smallest absolute Gasteiger partial charge is 0.135 e. The van der Waals surface area contributed by atoms with Crippen LogP contribution in [0.1, 0.15) is 19.5 Å². The van der Waals surface area contributed by atoms with E-state index in [1.165, 1.54) is 16.7 Å². The molecule has 3 heterocycles. The Kier molecular flexibility index (Phi) is 1.85. The molecule has 0 saturated heterocycles. The number of hydrogen-bond donors (Lipinski definition) is 1. The van der Waals surface area contributed by atoms with E-state index in [0.29, 0.717) is 6.04 Å². The van der Waals surface area contributed by atoms with Crippen molar-refractivity contribution < 1.29 is 0 Å². The quantitative estimate of drug-likeness (QED) is 0.766. The summed E-state index contributed by atoms with van der Waals surface area (Å²) in [6, 6.07) is 2.87. The van der Waals surface area contributed by atoms with Crippen LogP contribution < -0.4 is 0 Å². The molecular weight excluding hydrogens is 188 g/mol. The van der Waals surface area contributed by atoms with E-state index in [2.05, 4.69) is 39.6 Å². The van der Waals surface area contributed by atoms with Gasteiger partial charge < -0.3 is 4.57 Å². The van der Waals surface area contributed by atoms with E-state index in [1.54, 1.807) is 0 Å². The van der Waals surface area contributed by atoms with Crippen molar-refractivity contribution in [3.8, 4) is 0 Å². The number of nitrogens with one attached hydrogen (secondary N) is 1. The fourth-order valence-corrected chi connectivity index (χ4v) is 2.35. The molecule has 0 aliphatic carbocycles. The lowest BCUT2D eigenvalue weighted by molar-refractivity contribution is 0.178. The van der Waals surface area contributed by atoms with Gasteiger partial charge in [0.1, 0.15) is 5.65 Å². The summed E-state index contributed by atoms with van der Waals surface area (Å²) >= 11 is 0. The molecule has 2 aromatic rings. The first-order chi connectivity index (χ1) is 7.25. The Morgan fingerprint density at radius 2 is 2.27 bits per heavy atom. The van der Waals surface area contributed by atoms with Gasteiger partial charge in [0.25, 0.3) is 0 Å². The maximum atomic E-state index is 4.06. The number of aromatic amines is 1. The van der Waals surface area contributed by atoms with Gasteiger partial charge in [-0.15, -0.1) is 0 Å². The Balaban J connectivity index is 2.02. The number of aromatic nitrogens is 3. The van der Waals surface area contributed by atoms with E-state index < -0.39 is 0 Å². The van der Waals surface area contributed by atoms with Crippen molar-refractivity contribution >= 4 is 11.0 Å². The molecule has 80 valence electrons. The van der Waals surface area contributed by atoms with Gasteiger partial charge in [-0.05, 0) is 19.9 Å². The van der Waals surface area contributed by atoms with Crippen LogP contribution >= 0.6 is 0 Å². The fourth-order valence-electron chi connectivity index (χ4n) is 2.35. The minimum absolute atomic E-state index is 0.630. The van der Waals surface area contributed by atoms with Crippen LogP contribution in [0.5, 0.6) is 0 Å². The van der Waals surface area contributed by atoms with Gasteiger partial charge in [-0.3, -0.25) is 10.00 Å². The van der Waals surface area contributed by atoms with Gasteiger partial charge in [0, 0.05) is 36.8 Å². The number of fused-ring (bicyclic) bond motifs is 3. The molecule has 4 heteroatoms. The summed E-state index contributed by atoms with van der Waals surface area (Å²) in [7, 11) is 0. The Hall–Kier alpha value is -1.29. The highest BCUT2D eigenvalue weighted by Crippen LogP contribution is 2.22. The lowest BCUT2D eigenvalue weighted by Gasteiger charge is -2.31. The largest absolute Gasteiger partial charge is 0.327 e. The van der Waals surface area contributed by atoms with Crippen molar-refractivity contribution in [2.45, 2.75) is 33.0 Å². The Labute approximate surface area is 88.9 Å². The van der Waals surface area contributed by atoms with Crippen molar-refractivity contribution in [1.29, 1.82) is 0 Å². The molecule has 4 nitrogen and oxygen atoms in total. The summed E-state index contributed by atoms with van der Waals surface area (Å²) in [5, 5.41) is 8.36. The van der Waals surface area contributed by atoms with Crippen LogP contribution in [-0.4, -0.2) is 32.3 Å². The lowest BCUT2D eigenvalue weighted by atomic mass is 10.2. The van der Waals surface area contributed by atoms with E-state index in [4.69, 9.17) is 0 Å². The predicted molar refractivity (Wildman–Crippen MR) is 59.6 cm³/mol. The molecule has 15 heavy (non-hydrogen) atoms. The van der Waals surface area contributed by atoms with Crippen LogP contribution in [0.2, 0.25) is 0 Å². The van der Waals surface area contributed by atoms with Crippen molar-refractivity contribution in [3.63, 3.8) is 0 Å². The van der Waals surface area contributed by atoms with Gasteiger partial charge in [0.05, 0.1) is 6.20 Å². The second-order valence-electron chi connectivity index (χ2n) is 4.53. The van der Waals surface area contributed by atoms with Gasteiger partial charge in [-0.25, -0.2) is 0 Å². The topological polar surface area (TPSA) is 36.9 Å². The lowest BCUT2D eigenvalue weighted by Crippen LogP contribution is -2.38. The minimum Gasteiger partial charge on any atom is -0.327 e. The average Bonchev–Trinajstić information content (AvgIpc) is 2.75. The third kappa shape index (κ3) is 1.28. The molecule has 0 amide bonds. The molecule has 3 rings (SSSR count). The molecule has 0 unspecified atom stereocenters. The van der Waals surface area contributed by atoms with E-state index >= 15 is 0 Å². The summed E-state index contributed by atoms with van der Waals surface area (Å²) in [6.45, 7) is 7.77. The zero-order valence-electron chi connectivity index (χ0n) is 9.20. The minimum atomic E-state index is 0.630. The monoisotopic (exact) mass is 204 g/mol. The standard InChI is InChI=1S/C11H16N4/c1-8(2)14-3-4-15-10(7-14)5-9-6-12-13-11(9)15/h5-6,8H,3-4,7H2,1-2H3,(H,12,13). The second-order valence-corrected chi connectivity index (χ2v) is 4.53. The maximum absolute atomic E-state index is 4.06. The van der Waals surface area contributed by atoms with E-state index in [1.807, 2.05) is 6.20 Å². The van der Waals surface area contributed by atoms with Crippen molar-refractivity contribution in [2.24, 2.45) is 0 Å². The molecule has 0 aromatic carbocycles. The van der Waals surface area contributed by atoms with Crippen LogP contribution in [0.25, 0.3) is 11.0 Å². The molecule has 1 aliphatic rings. The first-order valence-electron chi connectivity index (χ1n) is 5.51. The average molecular weight is 204 g/mol. The van der Waals surface area contributed by atoms with Crippen molar-refractivity contribution in [3.05, 3.63) is 18.0 Å². The Bertz CT molecular complexity index is 480. The maximum Gasteiger partial charge on any atom is 0.135 e. The summed E-state index contributed by atoms with van der Waals surface area (Å²) < 4.78 is 2.35. The van der Waals surface area contributed by atoms with Crippen molar-refractivity contribution in [2.75, 3.05) is 6.54 Å². The first kappa shape index (κ1) is 8.97. The third-order valence-corrected chi connectivity index (χ3v) is 3.29. The van der Waals surface area contributed by atoms with E-state index in [0.717, 1.165) is 19.6 Å². The van der Waals surface area contributed by atoms with Gasteiger partial charge in [0.15, 0.2) is 0 Å². The molecule has 0 fully saturated rings. The van der Waals surface area contributed by atoms with Crippen LogP contribution in [0, 0.1) is 0 Å². The Morgan fingerprint density at radius 1 is 1.40 bits per heavy atom. The van der Waals surface area contributed by atoms with Crippen LogP contribution in [0.15, 0.2) is 12.3 Å². The highest BCUT2D eigenvalue weighted by Gasteiger charge is 2.20. The van der Waals surface area contributed by atoms with Crippen LogP contribution in [-0.2, 0) is 13.1 Å². The molecule has 2 aromatic heterocycles. The molecule has 0 bridgehead atoms. The number of rotatable bonds is 1. The summed E-state index contributed by atoms with van der Waals surface area (Å²) in [4.78, 5) is 2.50. The number of H-pyrrole nitrogens is 1. The van der Waals surface area contributed by atoms with E-state index in [9.17, 15) is 0 Å². The predicted octanol–water partition coefficient (Wildman–Crippen LogP) is 1.59. The molecule has 1 aliphatic heterocycles. The molecule has 1 N–H and O–H groups in total. The highest BCUT2D eigenvalue weighted by atomic mass is 15.3. The van der Waals surface area contributed by atoms with Crippen LogP contribution in [0.4, 0.5) is 0 Å². The molecule has 0 spiro atoms. The molecular formula is C11H16N4. The normalized spacial score (nSPS) is 17.5. The highest BCUT2D eigenvalue weighted by molar-refractivity contribution is 5.76. The Morgan fingerprint density at radius 3 is 3.07 bits per heavy atom. The second kappa shape index (κ2) is 3.10.